The summed E-state index contributed by atoms with van der Waals surface area (Å²) in [6, 6.07) is 10.8. The molecule has 0 aliphatic carbocycles. The molecular formula is C17H16N4O2. The highest BCUT2D eigenvalue weighted by Crippen LogP contribution is 2.40. The summed E-state index contributed by atoms with van der Waals surface area (Å²) in [6.07, 6.45) is 3.01. The molecule has 0 aliphatic heterocycles. The first-order valence-electron chi connectivity index (χ1n) is 7.27. The van der Waals surface area contributed by atoms with Crippen LogP contribution in [-0.4, -0.2) is 20.6 Å². The van der Waals surface area contributed by atoms with Crippen molar-refractivity contribution in [2.24, 2.45) is 10.2 Å². The van der Waals surface area contributed by atoms with Crippen molar-refractivity contribution < 1.29 is 9.90 Å². The normalized spacial score (nSPS) is 11.6. The van der Waals surface area contributed by atoms with Crippen LogP contribution in [0.1, 0.15) is 30.2 Å². The Bertz CT molecular complexity index is 882. The molecule has 0 spiro atoms. The molecule has 3 rings (SSSR count). The van der Waals surface area contributed by atoms with Crippen molar-refractivity contribution in [2.45, 2.75) is 19.9 Å². The van der Waals surface area contributed by atoms with Gasteiger partial charge in [0.1, 0.15) is 0 Å². The Morgan fingerprint density at radius 2 is 2.00 bits per heavy atom. The van der Waals surface area contributed by atoms with Crippen LogP contribution in [0.15, 0.2) is 59.0 Å². The van der Waals surface area contributed by atoms with Gasteiger partial charge in [-0.15, -0.1) is 10.2 Å². The summed E-state index contributed by atoms with van der Waals surface area (Å²) < 4.78 is 1.76. The lowest BCUT2D eigenvalue weighted by molar-refractivity contribution is 0.0994. The average Bonchev–Trinajstić information content (AvgIpc) is 2.85. The van der Waals surface area contributed by atoms with E-state index in [-0.39, 0.29) is 11.9 Å². The molecule has 1 N–H and O–H groups in total. The lowest BCUT2D eigenvalue weighted by Gasteiger charge is -2.10. The van der Waals surface area contributed by atoms with Crippen LogP contribution in [0.5, 0.6) is 5.88 Å². The Kier molecular flexibility index (Phi) is 3.89. The summed E-state index contributed by atoms with van der Waals surface area (Å²) in [5.41, 5.74) is 1.50. The van der Waals surface area contributed by atoms with E-state index in [4.69, 9.17) is 0 Å². The van der Waals surface area contributed by atoms with E-state index in [1.165, 1.54) is 6.20 Å². The molecule has 0 atom stereocenters. The number of azo groups is 1. The van der Waals surface area contributed by atoms with Gasteiger partial charge in [0, 0.05) is 23.8 Å². The highest BCUT2D eigenvalue weighted by molar-refractivity contribution is 5.97. The number of benzene rings is 1. The van der Waals surface area contributed by atoms with Crippen LogP contribution in [0.25, 0.3) is 10.9 Å². The number of hydrogen-bond acceptors (Lipinski definition) is 4. The topological polar surface area (TPSA) is 79.8 Å². The Hall–Kier alpha value is -3.02. The summed E-state index contributed by atoms with van der Waals surface area (Å²) in [6.45, 7) is 3.93. The van der Waals surface area contributed by atoms with Crippen LogP contribution in [0.3, 0.4) is 0 Å². The second-order valence-corrected chi connectivity index (χ2v) is 5.40. The standard InChI is InChI=1S/C17H16N4O2/c1-11(2)21-14-8-4-3-7-13(14)15(17(21)23)19-20-16(22)12-6-5-9-18-10-12/h3-11,23H,1-2H3. The van der Waals surface area contributed by atoms with Gasteiger partial charge in [-0.3, -0.25) is 9.78 Å². The first kappa shape index (κ1) is 14.9. The predicted molar refractivity (Wildman–Crippen MR) is 87.1 cm³/mol. The van der Waals surface area contributed by atoms with Gasteiger partial charge in [0.05, 0.1) is 11.1 Å². The number of para-hydroxylation sites is 1. The summed E-state index contributed by atoms with van der Waals surface area (Å²) >= 11 is 0. The van der Waals surface area contributed by atoms with E-state index in [2.05, 4.69) is 15.2 Å². The van der Waals surface area contributed by atoms with Crippen molar-refractivity contribution in [1.29, 1.82) is 0 Å². The number of rotatable bonds is 3. The smallest absolute Gasteiger partial charge is 0.296 e. The van der Waals surface area contributed by atoms with Crippen molar-refractivity contribution in [3.8, 4) is 5.88 Å². The van der Waals surface area contributed by atoms with E-state index in [0.29, 0.717) is 11.3 Å². The third-order valence-electron chi connectivity index (χ3n) is 3.52. The lowest BCUT2D eigenvalue weighted by atomic mass is 10.2. The molecule has 23 heavy (non-hydrogen) atoms. The number of carbonyl (C=O) groups excluding carboxylic acids is 1. The monoisotopic (exact) mass is 308 g/mol. The zero-order valence-electron chi connectivity index (χ0n) is 12.8. The number of hydrogen-bond donors (Lipinski definition) is 1. The van der Waals surface area contributed by atoms with Gasteiger partial charge in [-0.25, -0.2) is 0 Å². The first-order valence-corrected chi connectivity index (χ1v) is 7.27. The summed E-state index contributed by atoms with van der Waals surface area (Å²) in [5.74, 6) is -0.497. The van der Waals surface area contributed by atoms with E-state index in [1.807, 2.05) is 38.1 Å². The fourth-order valence-corrected chi connectivity index (χ4v) is 2.50. The minimum atomic E-state index is -0.501. The Balaban J connectivity index is 2.05. The van der Waals surface area contributed by atoms with Crippen LogP contribution in [0.2, 0.25) is 0 Å². The Labute approximate surface area is 133 Å². The molecular weight excluding hydrogens is 292 g/mol. The van der Waals surface area contributed by atoms with Crippen LogP contribution in [-0.2, 0) is 0 Å². The van der Waals surface area contributed by atoms with Gasteiger partial charge in [-0.1, -0.05) is 18.2 Å². The number of aromatic nitrogens is 2. The highest BCUT2D eigenvalue weighted by atomic mass is 16.3. The first-order chi connectivity index (χ1) is 11.1. The molecule has 0 saturated carbocycles. The summed E-state index contributed by atoms with van der Waals surface area (Å²) in [4.78, 5) is 15.9. The molecule has 2 aromatic heterocycles. The van der Waals surface area contributed by atoms with E-state index < -0.39 is 5.91 Å². The molecule has 116 valence electrons. The number of carbonyl (C=O) groups is 1. The van der Waals surface area contributed by atoms with Crippen molar-refractivity contribution in [2.75, 3.05) is 0 Å². The summed E-state index contributed by atoms with van der Waals surface area (Å²) in [7, 11) is 0. The molecule has 0 saturated heterocycles. The number of aromatic hydroxyl groups is 1. The van der Waals surface area contributed by atoms with Crippen LogP contribution < -0.4 is 0 Å². The van der Waals surface area contributed by atoms with Crippen molar-refractivity contribution in [1.82, 2.24) is 9.55 Å². The van der Waals surface area contributed by atoms with Crippen LogP contribution >= 0.6 is 0 Å². The van der Waals surface area contributed by atoms with E-state index in [0.717, 1.165) is 10.9 Å². The third-order valence-corrected chi connectivity index (χ3v) is 3.52. The zero-order valence-corrected chi connectivity index (χ0v) is 12.8. The second-order valence-electron chi connectivity index (χ2n) is 5.40. The molecule has 0 aliphatic rings. The quantitative estimate of drug-likeness (QED) is 0.735. The number of pyridine rings is 1. The van der Waals surface area contributed by atoms with Gasteiger partial charge in [0.15, 0.2) is 5.69 Å². The van der Waals surface area contributed by atoms with E-state index in [9.17, 15) is 9.90 Å². The van der Waals surface area contributed by atoms with Gasteiger partial charge in [0.25, 0.3) is 5.91 Å². The van der Waals surface area contributed by atoms with Crippen molar-refractivity contribution >= 4 is 22.5 Å². The fraction of sp³-hybridized carbons (Fsp3) is 0.176. The van der Waals surface area contributed by atoms with Gasteiger partial charge in [-0.05, 0) is 32.0 Å². The van der Waals surface area contributed by atoms with Crippen molar-refractivity contribution in [3.05, 3.63) is 54.4 Å². The Morgan fingerprint density at radius 3 is 2.70 bits per heavy atom. The number of nitrogens with zero attached hydrogens (tertiary/aromatic N) is 4. The average molecular weight is 308 g/mol. The minimum absolute atomic E-state index is 0.00365. The predicted octanol–water partition coefficient (Wildman–Crippen LogP) is 4.25. The SMILES string of the molecule is CC(C)n1c(O)c(N=NC(=O)c2cccnc2)c2ccccc21. The molecule has 0 fully saturated rings. The Morgan fingerprint density at radius 1 is 1.22 bits per heavy atom. The number of amides is 1. The van der Waals surface area contributed by atoms with Gasteiger partial charge in [0.2, 0.25) is 5.88 Å². The maximum Gasteiger partial charge on any atom is 0.296 e. The molecule has 0 unspecified atom stereocenters. The second kappa shape index (κ2) is 6.00. The van der Waals surface area contributed by atoms with Gasteiger partial charge >= 0.3 is 0 Å². The molecule has 2 heterocycles. The summed E-state index contributed by atoms with van der Waals surface area (Å²) in [5, 5.41) is 18.9. The van der Waals surface area contributed by atoms with Crippen molar-refractivity contribution in [3.63, 3.8) is 0 Å². The number of fused-ring (bicyclic) bond motifs is 1. The maximum atomic E-state index is 12.0. The molecule has 1 aromatic carbocycles. The maximum absolute atomic E-state index is 12.0. The van der Waals surface area contributed by atoms with Gasteiger partial charge < -0.3 is 9.67 Å². The molecule has 0 bridgehead atoms. The molecule has 6 heteroatoms. The zero-order chi connectivity index (χ0) is 16.4. The molecule has 3 aromatic rings. The molecule has 0 radical (unpaired) electrons. The highest BCUT2D eigenvalue weighted by Gasteiger charge is 2.18. The van der Waals surface area contributed by atoms with E-state index in [1.54, 1.807) is 22.9 Å². The third kappa shape index (κ3) is 2.70. The van der Waals surface area contributed by atoms with E-state index >= 15 is 0 Å². The molecule has 6 nitrogen and oxygen atoms in total. The molecule has 1 amide bonds. The largest absolute Gasteiger partial charge is 0.493 e. The lowest BCUT2D eigenvalue weighted by Crippen LogP contribution is -1.98. The van der Waals surface area contributed by atoms with Crippen LogP contribution in [0.4, 0.5) is 5.69 Å². The fourth-order valence-electron chi connectivity index (χ4n) is 2.50. The van der Waals surface area contributed by atoms with Gasteiger partial charge in [-0.2, -0.15) is 0 Å². The minimum Gasteiger partial charge on any atom is -0.493 e. The van der Waals surface area contributed by atoms with Crippen LogP contribution in [0, 0.1) is 0 Å².